The van der Waals surface area contributed by atoms with Crippen LogP contribution in [0, 0.1) is 17.3 Å². The van der Waals surface area contributed by atoms with Gasteiger partial charge >= 0.3 is 5.97 Å². The van der Waals surface area contributed by atoms with Gasteiger partial charge in [0.15, 0.2) is 0 Å². The first-order valence-corrected chi connectivity index (χ1v) is 7.35. The molecule has 0 amide bonds. The third kappa shape index (κ3) is 3.05. The third-order valence-electron chi connectivity index (χ3n) is 4.94. The Morgan fingerprint density at radius 3 is 2.33 bits per heavy atom. The van der Waals surface area contributed by atoms with Crippen LogP contribution < -0.4 is 0 Å². The topological polar surface area (TPSA) is 40.5 Å². The minimum absolute atomic E-state index is 0.105. The van der Waals surface area contributed by atoms with Crippen molar-refractivity contribution in [3.8, 4) is 0 Å². The SMILES string of the molecule is CC(C)(C)C1CCCC(N2CC(C(=O)O)C2)CC1. The molecule has 0 aromatic heterocycles. The Hall–Kier alpha value is -0.570. The molecule has 2 rings (SSSR count). The lowest BCUT2D eigenvalue weighted by Gasteiger charge is -2.42. The van der Waals surface area contributed by atoms with Crippen molar-refractivity contribution in [3.05, 3.63) is 0 Å². The molecular formula is C15H27NO2. The van der Waals surface area contributed by atoms with E-state index in [0.717, 1.165) is 19.0 Å². The lowest BCUT2D eigenvalue weighted by Crippen LogP contribution is -2.54. The summed E-state index contributed by atoms with van der Waals surface area (Å²) in [4.78, 5) is 13.2. The summed E-state index contributed by atoms with van der Waals surface area (Å²) in [6.07, 6.45) is 6.48. The Kier molecular flexibility index (Phi) is 4.00. The highest BCUT2D eigenvalue weighted by molar-refractivity contribution is 5.71. The molecule has 1 saturated heterocycles. The van der Waals surface area contributed by atoms with Gasteiger partial charge in [-0.2, -0.15) is 0 Å². The quantitative estimate of drug-likeness (QED) is 0.769. The molecule has 1 aliphatic heterocycles. The lowest BCUT2D eigenvalue weighted by molar-refractivity contribution is -0.148. The standard InChI is InChI=1S/C15H27NO2/c1-15(2,3)12-5-4-6-13(8-7-12)16-9-11(10-16)14(17)18/h11-13H,4-10H2,1-3H3,(H,17,18). The number of carbonyl (C=O) groups is 1. The van der Waals surface area contributed by atoms with Crippen LogP contribution in [0.5, 0.6) is 0 Å². The number of carboxylic acids is 1. The van der Waals surface area contributed by atoms with Crippen molar-refractivity contribution in [2.45, 2.75) is 58.9 Å². The smallest absolute Gasteiger partial charge is 0.309 e. The highest BCUT2D eigenvalue weighted by Gasteiger charge is 2.38. The Bertz CT molecular complexity index is 302. The van der Waals surface area contributed by atoms with Gasteiger partial charge in [-0.25, -0.2) is 0 Å². The minimum atomic E-state index is -0.618. The van der Waals surface area contributed by atoms with Crippen molar-refractivity contribution in [2.75, 3.05) is 13.1 Å². The van der Waals surface area contributed by atoms with Gasteiger partial charge in [-0.15, -0.1) is 0 Å². The summed E-state index contributed by atoms with van der Waals surface area (Å²) in [5.74, 6) is 0.109. The molecule has 0 aromatic carbocycles. The Morgan fingerprint density at radius 1 is 1.11 bits per heavy atom. The summed E-state index contributed by atoms with van der Waals surface area (Å²) in [6.45, 7) is 8.60. The number of carboxylic acid groups (broad SMARTS) is 1. The summed E-state index contributed by atoms with van der Waals surface area (Å²) >= 11 is 0. The normalized spacial score (nSPS) is 31.7. The van der Waals surface area contributed by atoms with Gasteiger partial charge in [-0.1, -0.05) is 27.2 Å². The molecule has 0 radical (unpaired) electrons. The fourth-order valence-corrected chi connectivity index (χ4v) is 3.48. The molecule has 0 aromatic rings. The van der Waals surface area contributed by atoms with Crippen LogP contribution in [0.3, 0.4) is 0 Å². The second-order valence-corrected chi connectivity index (χ2v) is 7.21. The van der Waals surface area contributed by atoms with E-state index in [4.69, 9.17) is 5.11 Å². The highest BCUT2D eigenvalue weighted by Crippen LogP contribution is 2.38. The van der Waals surface area contributed by atoms with Crippen LogP contribution in [0.1, 0.15) is 52.9 Å². The predicted octanol–water partition coefficient (Wildman–Crippen LogP) is 3.00. The predicted molar refractivity (Wildman–Crippen MR) is 72.5 cm³/mol. The van der Waals surface area contributed by atoms with Gasteiger partial charge in [0, 0.05) is 19.1 Å². The zero-order valence-electron chi connectivity index (χ0n) is 12.0. The molecule has 1 N–H and O–H groups in total. The zero-order valence-corrected chi connectivity index (χ0v) is 12.0. The summed E-state index contributed by atoms with van der Waals surface area (Å²) in [5, 5.41) is 8.93. The van der Waals surface area contributed by atoms with E-state index in [0.29, 0.717) is 11.5 Å². The zero-order chi connectivity index (χ0) is 13.3. The number of nitrogens with zero attached hydrogens (tertiary/aromatic N) is 1. The molecule has 0 spiro atoms. The first-order valence-electron chi connectivity index (χ1n) is 7.35. The second-order valence-electron chi connectivity index (χ2n) is 7.21. The van der Waals surface area contributed by atoms with Crippen molar-refractivity contribution >= 4 is 5.97 Å². The van der Waals surface area contributed by atoms with Crippen LogP contribution in [-0.4, -0.2) is 35.1 Å². The number of hydrogen-bond acceptors (Lipinski definition) is 2. The number of aliphatic carboxylic acids is 1. The van der Waals surface area contributed by atoms with Gasteiger partial charge in [0.1, 0.15) is 0 Å². The van der Waals surface area contributed by atoms with E-state index < -0.39 is 5.97 Å². The molecule has 18 heavy (non-hydrogen) atoms. The fraction of sp³-hybridized carbons (Fsp3) is 0.933. The van der Waals surface area contributed by atoms with E-state index in [2.05, 4.69) is 25.7 Å². The van der Waals surface area contributed by atoms with Crippen LogP contribution in [0.25, 0.3) is 0 Å². The van der Waals surface area contributed by atoms with Crippen molar-refractivity contribution < 1.29 is 9.90 Å². The molecule has 2 fully saturated rings. The summed E-state index contributed by atoms with van der Waals surface area (Å²) < 4.78 is 0. The van der Waals surface area contributed by atoms with Crippen molar-refractivity contribution in [1.29, 1.82) is 0 Å². The second kappa shape index (κ2) is 5.20. The molecule has 3 heteroatoms. The monoisotopic (exact) mass is 253 g/mol. The summed E-state index contributed by atoms with van der Waals surface area (Å²) in [7, 11) is 0. The number of hydrogen-bond donors (Lipinski definition) is 1. The Balaban J connectivity index is 1.82. The first-order chi connectivity index (χ1) is 8.38. The maximum atomic E-state index is 10.8. The molecule has 0 bridgehead atoms. The van der Waals surface area contributed by atoms with E-state index in [1.54, 1.807) is 0 Å². The first kappa shape index (κ1) is 13.9. The minimum Gasteiger partial charge on any atom is -0.481 e. The Morgan fingerprint density at radius 2 is 1.78 bits per heavy atom. The molecule has 1 heterocycles. The van der Waals surface area contributed by atoms with E-state index in [1.165, 1.54) is 32.1 Å². The van der Waals surface area contributed by atoms with E-state index in [-0.39, 0.29) is 5.92 Å². The van der Waals surface area contributed by atoms with Crippen molar-refractivity contribution in [2.24, 2.45) is 17.3 Å². The van der Waals surface area contributed by atoms with Crippen molar-refractivity contribution in [3.63, 3.8) is 0 Å². The molecule has 2 atom stereocenters. The highest BCUT2D eigenvalue weighted by atomic mass is 16.4. The van der Waals surface area contributed by atoms with Crippen LogP contribution in [0.2, 0.25) is 0 Å². The van der Waals surface area contributed by atoms with Gasteiger partial charge < -0.3 is 5.11 Å². The van der Waals surface area contributed by atoms with E-state index >= 15 is 0 Å². The molecular weight excluding hydrogens is 226 g/mol. The van der Waals surface area contributed by atoms with Gasteiger partial charge in [-0.05, 0) is 37.0 Å². The number of likely N-dealkylation sites (tertiary alicyclic amines) is 1. The van der Waals surface area contributed by atoms with Gasteiger partial charge in [0.05, 0.1) is 5.92 Å². The van der Waals surface area contributed by atoms with Crippen LogP contribution >= 0.6 is 0 Å². The Labute approximate surface area is 111 Å². The molecule has 104 valence electrons. The third-order valence-corrected chi connectivity index (χ3v) is 4.94. The van der Waals surface area contributed by atoms with Gasteiger partial charge in [-0.3, -0.25) is 9.69 Å². The van der Waals surface area contributed by atoms with Crippen LogP contribution in [-0.2, 0) is 4.79 Å². The van der Waals surface area contributed by atoms with Crippen molar-refractivity contribution in [1.82, 2.24) is 4.90 Å². The van der Waals surface area contributed by atoms with Crippen LogP contribution in [0.4, 0.5) is 0 Å². The molecule has 1 saturated carbocycles. The van der Waals surface area contributed by atoms with E-state index in [1.807, 2.05) is 0 Å². The molecule has 2 unspecified atom stereocenters. The molecule has 1 aliphatic carbocycles. The molecule has 2 aliphatic rings. The van der Waals surface area contributed by atoms with Crippen LogP contribution in [0.15, 0.2) is 0 Å². The maximum Gasteiger partial charge on any atom is 0.309 e. The largest absolute Gasteiger partial charge is 0.481 e. The van der Waals surface area contributed by atoms with Gasteiger partial charge in [0.25, 0.3) is 0 Å². The summed E-state index contributed by atoms with van der Waals surface area (Å²) in [5.41, 5.74) is 0.424. The van der Waals surface area contributed by atoms with E-state index in [9.17, 15) is 4.79 Å². The average molecular weight is 253 g/mol. The summed E-state index contributed by atoms with van der Waals surface area (Å²) in [6, 6.07) is 0.646. The fourth-order valence-electron chi connectivity index (χ4n) is 3.48. The molecule has 3 nitrogen and oxygen atoms in total. The maximum absolute atomic E-state index is 10.8. The lowest BCUT2D eigenvalue weighted by atomic mass is 9.76. The average Bonchev–Trinajstić information content (AvgIpc) is 2.39. The number of rotatable bonds is 2. The van der Waals surface area contributed by atoms with Gasteiger partial charge in [0.2, 0.25) is 0 Å².